The van der Waals surface area contributed by atoms with Gasteiger partial charge in [0.15, 0.2) is 0 Å². The zero-order valence-corrected chi connectivity index (χ0v) is 21.3. The molecule has 3 amide bonds. The van der Waals surface area contributed by atoms with Crippen LogP contribution in [-0.2, 0) is 25.5 Å². The lowest BCUT2D eigenvalue weighted by atomic mass is 10.00. The minimum atomic E-state index is -2.44. The van der Waals surface area contributed by atoms with Gasteiger partial charge in [-0.1, -0.05) is 44.2 Å². The Morgan fingerprint density at radius 1 is 1.09 bits per heavy atom. The standard InChI is InChI=1S/C24H37N3O6S/c1-15(2)19(27(6)23(32)33-24(3,4)5)21(29)25-17(13-16-11-9-8-10-12-16)20(28)26-18(14-34-7)22(30)31/h8-12,15,17-19H,13-14H2,1-7H3,(H,25,29)(H,26,28)(H,30,31)/t17-,18-,19-/m0/s1/i7D3. The highest BCUT2D eigenvalue weighted by molar-refractivity contribution is 7.98. The van der Waals surface area contributed by atoms with E-state index in [-0.39, 0.29) is 18.1 Å². The SMILES string of the molecule is [2H]C([2H])([2H])SC[C@H](NC(=O)[C@H](Cc1ccccc1)NC(=O)[C@H](C(C)C)N(C)C(=O)OC(C)(C)C)C(=O)O. The molecule has 190 valence electrons. The number of likely N-dealkylation sites (N-methyl/N-ethyl adjacent to an activating group) is 1. The number of rotatable bonds is 11. The summed E-state index contributed by atoms with van der Waals surface area (Å²) >= 11 is 0.421. The normalized spacial score (nSPS) is 15.7. The third-order valence-corrected chi connectivity index (χ3v) is 5.28. The lowest BCUT2D eigenvalue weighted by Gasteiger charge is -2.33. The lowest BCUT2D eigenvalue weighted by Crippen LogP contribution is -2.58. The number of nitrogens with one attached hydrogen (secondary N) is 2. The van der Waals surface area contributed by atoms with E-state index in [2.05, 4.69) is 10.6 Å². The first-order chi connectivity index (χ1) is 16.9. The van der Waals surface area contributed by atoms with Crippen LogP contribution in [-0.4, -0.2) is 76.6 Å². The largest absolute Gasteiger partial charge is 0.480 e. The van der Waals surface area contributed by atoms with Crippen LogP contribution in [0, 0.1) is 5.92 Å². The van der Waals surface area contributed by atoms with E-state index in [0.29, 0.717) is 17.3 Å². The van der Waals surface area contributed by atoms with Crippen LogP contribution < -0.4 is 10.6 Å². The zero-order valence-electron chi connectivity index (χ0n) is 23.5. The summed E-state index contributed by atoms with van der Waals surface area (Å²) in [6, 6.07) is 5.13. The highest BCUT2D eigenvalue weighted by atomic mass is 32.2. The number of carbonyl (C=O) groups is 4. The average Bonchev–Trinajstić information content (AvgIpc) is 2.74. The summed E-state index contributed by atoms with van der Waals surface area (Å²) in [6.45, 7) is 8.58. The van der Waals surface area contributed by atoms with Crippen LogP contribution in [0.1, 0.15) is 44.3 Å². The summed E-state index contributed by atoms with van der Waals surface area (Å²) in [5, 5.41) is 14.5. The second-order valence-corrected chi connectivity index (χ2v) is 9.86. The zero-order chi connectivity index (χ0) is 28.6. The molecule has 3 N–H and O–H groups in total. The lowest BCUT2D eigenvalue weighted by molar-refractivity contribution is -0.141. The molecule has 0 aromatic heterocycles. The molecule has 0 aliphatic rings. The van der Waals surface area contributed by atoms with E-state index < -0.39 is 53.8 Å². The molecule has 1 aromatic carbocycles. The van der Waals surface area contributed by atoms with Crippen LogP contribution in [0.25, 0.3) is 0 Å². The molecule has 0 saturated carbocycles. The quantitative estimate of drug-likeness (QED) is 0.428. The maximum absolute atomic E-state index is 13.3. The smallest absolute Gasteiger partial charge is 0.410 e. The van der Waals surface area contributed by atoms with Gasteiger partial charge in [0.1, 0.15) is 23.7 Å². The van der Waals surface area contributed by atoms with Gasteiger partial charge in [0.25, 0.3) is 0 Å². The Balaban J connectivity index is 3.17. The maximum atomic E-state index is 13.3. The first-order valence-electron chi connectivity index (χ1n) is 12.4. The summed E-state index contributed by atoms with van der Waals surface area (Å²) in [5.41, 5.74) is -0.0780. The van der Waals surface area contributed by atoms with Crippen molar-refractivity contribution in [2.75, 3.05) is 19.0 Å². The molecule has 0 heterocycles. The van der Waals surface area contributed by atoms with E-state index in [1.165, 1.54) is 7.05 Å². The fourth-order valence-electron chi connectivity index (χ4n) is 3.22. The van der Waals surface area contributed by atoms with Gasteiger partial charge < -0.3 is 20.5 Å². The van der Waals surface area contributed by atoms with Crippen LogP contribution >= 0.6 is 11.8 Å². The van der Waals surface area contributed by atoms with Crippen molar-refractivity contribution in [1.82, 2.24) is 15.5 Å². The third kappa shape index (κ3) is 9.62. The second kappa shape index (κ2) is 13.2. The number of ether oxygens (including phenoxy) is 1. The molecule has 34 heavy (non-hydrogen) atoms. The molecule has 9 nitrogen and oxygen atoms in total. The van der Waals surface area contributed by atoms with E-state index in [0.717, 1.165) is 4.90 Å². The van der Waals surface area contributed by atoms with Gasteiger partial charge in [-0.25, -0.2) is 9.59 Å². The number of carbonyl (C=O) groups excluding carboxylic acids is 3. The van der Waals surface area contributed by atoms with Gasteiger partial charge >= 0.3 is 12.1 Å². The maximum Gasteiger partial charge on any atom is 0.410 e. The first-order valence-corrected chi connectivity index (χ1v) is 11.9. The Morgan fingerprint density at radius 3 is 2.18 bits per heavy atom. The van der Waals surface area contributed by atoms with Crippen molar-refractivity contribution < 1.29 is 33.1 Å². The minimum Gasteiger partial charge on any atom is -0.480 e. The fourth-order valence-corrected chi connectivity index (χ4v) is 3.61. The van der Waals surface area contributed by atoms with Gasteiger partial charge in [-0.05, 0) is 38.4 Å². The molecule has 0 unspecified atom stereocenters. The fraction of sp³-hybridized carbons (Fsp3) is 0.583. The number of amides is 3. The Bertz CT molecular complexity index is 938. The topological polar surface area (TPSA) is 125 Å². The summed E-state index contributed by atoms with van der Waals surface area (Å²) in [6.07, 6.45) is -3.11. The first kappa shape index (κ1) is 24.4. The number of hydrogen-bond acceptors (Lipinski definition) is 6. The van der Waals surface area contributed by atoms with Crippen molar-refractivity contribution in [2.45, 2.75) is 64.8 Å². The van der Waals surface area contributed by atoms with Crippen LogP contribution in [0.15, 0.2) is 30.3 Å². The predicted octanol–water partition coefficient (Wildman–Crippen LogP) is 2.54. The van der Waals surface area contributed by atoms with Crippen molar-refractivity contribution in [3.05, 3.63) is 35.9 Å². The van der Waals surface area contributed by atoms with E-state index >= 15 is 0 Å². The van der Waals surface area contributed by atoms with Gasteiger partial charge in [-0.15, -0.1) is 0 Å². The molecule has 0 spiro atoms. The van der Waals surface area contributed by atoms with E-state index in [1.807, 2.05) is 0 Å². The van der Waals surface area contributed by atoms with E-state index in [9.17, 15) is 24.3 Å². The molecule has 0 saturated heterocycles. The molecule has 1 rings (SSSR count). The monoisotopic (exact) mass is 498 g/mol. The molecule has 0 bridgehead atoms. The highest BCUT2D eigenvalue weighted by Crippen LogP contribution is 2.16. The van der Waals surface area contributed by atoms with Crippen LogP contribution in [0.5, 0.6) is 0 Å². The summed E-state index contributed by atoms with van der Waals surface area (Å²) in [5.74, 6) is -3.55. The van der Waals surface area contributed by atoms with Gasteiger partial charge in [0, 0.05) is 23.3 Å². The highest BCUT2D eigenvalue weighted by Gasteiger charge is 2.35. The minimum absolute atomic E-state index is 0.0398. The predicted molar refractivity (Wildman–Crippen MR) is 133 cm³/mol. The number of carboxylic acids is 1. The summed E-state index contributed by atoms with van der Waals surface area (Å²) < 4.78 is 27.2. The molecule has 1 aromatic rings. The average molecular weight is 499 g/mol. The Hall–Kier alpha value is -2.75. The van der Waals surface area contributed by atoms with Crippen LogP contribution in [0.2, 0.25) is 0 Å². The number of hydrogen-bond donors (Lipinski definition) is 3. The Labute approximate surface area is 210 Å². The van der Waals surface area contributed by atoms with E-state index in [1.54, 1.807) is 65.0 Å². The van der Waals surface area contributed by atoms with Crippen molar-refractivity contribution in [2.24, 2.45) is 5.92 Å². The second-order valence-electron chi connectivity index (χ2n) is 9.24. The molecule has 3 atom stereocenters. The molecule has 0 fully saturated rings. The molecule has 0 aliphatic carbocycles. The van der Waals surface area contributed by atoms with Gasteiger partial charge in [-0.2, -0.15) is 11.8 Å². The molecular formula is C24H37N3O6S. The van der Waals surface area contributed by atoms with Crippen molar-refractivity contribution in [1.29, 1.82) is 0 Å². The molecule has 0 radical (unpaired) electrons. The van der Waals surface area contributed by atoms with Crippen molar-refractivity contribution in [3.8, 4) is 0 Å². The number of benzene rings is 1. The molecule has 10 heteroatoms. The number of nitrogens with zero attached hydrogens (tertiary/aromatic N) is 1. The van der Waals surface area contributed by atoms with Crippen LogP contribution in [0.4, 0.5) is 4.79 Å². The van der Waals surface area contributed by atoms with Gasteiger partial charge in [0.05, 0.1) is 0 Å². The van der Waals surface area contributed by atoms with Crippen molar-refractivity contribution in [3.63, 3.8) is 0 Å². The van der Waals surface area contributed by atoms with Gasteiger partial charge in [0.2, 0.25) is 11.8 Å². The number of carboxylic acid groups (broad SMARTS) is 1. The number of thioether (sulfide) groups is 1. The van der Waals surface area contributed by atoms with Gasteiger partial charge in [-0.3, -0.25) is 14.5 Å². The summed E-state index contributed by atoms with van der Waals surface area (Å²) in [4.78, 5) is 52.0. The Kier molecular flexibility index (Phi) is 9.48. The third-order valence-electron chi connectivity index (χ3n) is 4.78. The van der Waals surface area contributed by atoms with Crippen LogP contribution in [0.3, 0.4) is 0 Å². The number of aliphatic carboxylic acids is 1. The van der Waals surface area contributed by atoms with Crippen molar-refractivity contribution >= 4 is 35.6 Å². The Morgan fingerprint density at radius 2 is 1.68 bits per heavy atom. The summed E-state index contributed by atoms with van der Waals surface area (Å²) in [7, 11) is 1.43. The molecule has 0 aliphatic heterocycles. The molecular weight excluding hydrogens is 458 g/mol. The van der Waals surface area contributed by atoms with E-state index in [4.69, 9.17) is 8.85 Å².